The Morgan fingerprint density at radius 2 is 1.92 bits per heavy atom. The fourth-order valence-corrected chi connectivity index (χ4v) is 2.42. The van der Waals surface area contributed by atoms with Crippen molar-refractivity contribution >= 4 is 39.6 Å². The zero-order valence-corrected chi connectivity index (χ0v) is 15.0. The lowest BCUT2D eigenvalue weighted by Crippen LogP contribution is -2.29. The molecule has 0 saturated heterocycles. The van der Waals surface area contributed by atoms with Crippen molar-refractivity contribution in [3.63, 3.8) is 0 Å². The molecule has 0 unspecified atom stereocenters. The second-order valence-corrected chi connectivity index (χ2v) is 6.15. The number of ether oxygens (including phenoxy) is 1. The number of aryl methyl sites for hydroxylation is 1. The number of esters is 1. The fourth-order valence-electron chi connectivity index (χ4n) is 2.00. The molecule has 2 aromatic carbocycles. The van der Waals surface area contributed by atoms with Crippen molar-refractivity contribution in [1.82, 2.24) is 0 Å². The Labute approximate surface area is 149 Å². The van der Waals surface area contributed by atoms with E-state index >= 15 is 0 Å². The first-order chi connectivity index (χ1) is 11.5. The highest BCUT2D eigenvalue weighted by Gasteiger charge is 2.16. The molecule has 1 N–H and O–H groups in total. The van der Waals surface area contributed by atoms with E-state index in [9.17, 15) is 9.59 Å². The molecule has 1 atom stereocenters. The number of nitrogens with one attached hydrogen (secondary N) is 1. The third-order valence-corrected chi connectivity index (χ3v) is 3.97. The second kappa shape index (κ2) is 8.45. The molecule has 2 aromatic rings. The Morgan fingerprint density at radius 3 is 2.62 bits per heavy atom. The average molecular weight is 388 g/mol. The Morgan fingerprint density at radius 1 is 1.17 bits per heavy atom. The molecule has 2 rings (SSSR count). The van der Waals surface area contributed by atoms with Crippen molar-refractivity contribution in [3.8, 4) is 0 Å². The normalized spacial score (nSPS) is 12.0. The number of halogens is 1. The van der Waals surface area contributed by atoms with E-state index in [0.29, 0.717) is 5.69 Å². The predicted octanol–water partition coefficient (Wildman–Crippen LogP) is 4.34. The van der Waals surface area contributed by atoms with E-state index in [4.69, 9.17) is 4.74 Å². The van der Waals surface area contributed by atoms with Crippen molar-refractivity contribution in [1.29, 1.82) is 0 Å². The van der Waals surface area contributed by atoms with Gasteiger partial charge in [-0.25, -0.2) is 4.79 Å². The van der Waals surface area contributed by atoms with Gasteiger partial charge in [0.2, 0.25) is 0 Å². The van der Waals surface area contributed by atoms with Crippen molar-refractivity contribution in [3.05, 3.63) is 70.2 Å². The van der Waals surface area contributed by atoms with Crippen LogP contribution in [0.25, 0.3) is 6.08 Å². The highest BCUT2D eigenvalue weighted by atomic mass is 79.9. The summed E-state index contributed by atoms with van der Waals surface area (Å²) < 4.78 is 6.00. The van der Waals surface area contributed by atoms with Crippen molar-refractivity contribution in [2.24, 2.45) is 0 Å². The summed E-state index contributed by atoms with van der Waals surface area (Å²) in [7, 11) is 0. The van der Waals surface area contributed by atoms with Gasteiger partial charge in [-0.3, -0.25) is 4.79 Å². The highest BCUT2D eigenvalue weighted by Crippen LogP contribution is 2.17. The lowest BCUT2D eigenvalue weighted by molar-refractivity contribution is -0.148. The van der Waals surface area contributed by atoms with E-state index in [1.54, 1.807) is 12.1 Å². The summed E-state index contributed by atoms with van der Waals surface area (Å²) in [4.78, 5) is 23.9. The van der Waals surface area contributed by atoms with E-state index in [2.05, 4.69) is 21.2 Å². The maximum atomic E-state index is 12.1. The quantitative estimate of drug-likeness (QED) is 0.613. The molecule has 0 aliphatic carbocycles. The van der Waals surface area contributed by atoms with Gasteiger partial charge >= 0.3 is 5.97 Å². The smallest absolute Gasteiger partial charge is 0.331 e. The molecule has 0 bridgehead atoms. The predicted molar refractivity (Wildman–Crippen MR) is 98.5 cm³/mol. The van der Waals surface area contributed by atoms with E-state index in [-0.39, 0.29) is 5.91 Å². The van der Waals surface area contributed by atoms with Gasteiger partial charge in [-0.1, -0.05) is 46.3 Å². The van der Waals surface area contributed by atoms with E-state index < -0.39 is 12.1 Å². The largest absolute Gasteiger partial charge is 0.449 e. The number of hydrogen-bond acceptors (Lipinski definition) is 3. The maximum absolute atomic E-state index is 12.1. The monoisotopic (exact) mass is 387 g/mol. The molecular formula is C19H18BrNO3. The molecule has 0 aromatic heterocycles. The number of amides is 1. The summed E-state index contributed by atoms with van der Waals surface area (Å²) in [6.07, 6.45) is 2.05. The third kappa shape index (κ3) is 5.35. The van der Waals surface area contributed by atoms with Gasteiger partial charge in [-0.2, -0.15) is 0 Å². The Hall–Kier alpha value is -2.40. The van der Waals surface area contributed by atoms with Gasteiger partial charge in [0.1, 0.15) is 0 Å². The van der Waals surface area contributed by atoms with Crippen LogP contribution >= 0.6 is 15.9 Å². The van der Waals surface area contributed by atoms with Crippen LogP contribution in [0.3, 0.4) is 0 Å². The molecule has 0 saturated carbocycles. The van der Waals surface area contributed by atoms with Crippen LogP contribution < -0.4 is 5.32 Å². The topological polar surface area (TPSA) is 55.4 Å². The van der Waals surface area contributed by atoms with E-state index in [1.165, 1.54) is 13.0 Å². The molecule has 24 heavy (non-hydrogen) atoms. The fraction of sp³-hybridized carbons (Fsp3) is 0.158. The summed E-state index contributed by atoms with van der Waals surface area (Å²) >= 11 is 3.40. The lowest BCUT2D eigenvalue weighted by Gasteiger charge is -2.12. The summed E-state index contributed by atoms with van der Waals surface area (Å²) in [5.74, 6) is -0.944. The molecule has 0 aliphatic heterocycles. The maximum Gasteiger partial charge on any atom is 0.331 e. The molecule has 0 radical (unpaired) electrons. The molecule has 124 valence electrons. The van der Waals surface area contributed by atoms with Gasteiger partial charge in [0.15, 0.2) is 6.10 Å². The first kappa shape index (κ1) is 17.9. The van der Waals surface area contributed by atoms with Crippen molar-refractivity contribution in [2.45, 2.75) is 20.0 Å². The molecule has 0 spiro atoms. The van der Waals surface area contributed by atoms with Gasteiger partial charge in [-0.05, 0) is 49.2 Å². The zero-order valence-electron chi connectivity index (χ0n) is 13.5. The first-order valence-electron chi connectivity index (χ1n) is 7.46. The molecule has 0 fully saturated rings. The summed E-state index contributed by atoms with van der Waals surface area (Å²) in [6, 6.07) is 14.9. The standard InChI is InChI=1S/C19H18BrNO3/c1-13-6-5-8-16(12-13)21-19(23)14(2)24-18(22)11-10-15-7-3-4-9-17(15)20/h3-12,14H,1-2H3,(H,21,23)/b11-10+/t14-/m1/s1. The van der Waals surface area contributed by atoms with Crippen molar-refractivity contribution in [2.75, 3.05) is 5.32 Å². The number of rotatable bonds is 5. The van der Waals surface area contributed by atoms with Crippen LogP contribution in [-0.4, -0.2) is 18.0 Å². The van der Waals surface area contributed by atoms with Crippen LogP contribution in [-0.2, 0) is 14.3 Å². The Balaban J connectivity index is 1.91. The van der Waals surface area contributed by atoms with Gasteiger partial charge in [0.05, 0.1) is 0 Å². The molecule has 1 amide bonds. The first-order valence-corrected chi connectivity index (χ1v) is 8.26. The summed E-state index contributed by atoms with van der Waals surface area (Å²) in [6.45, 7) is 3.47. The van der Waals surface area contributed by atoms with Gasteiger partial charge < -0.3 is 10.1 Å². The minimum absolute atomic E-state index is 0.372. The number of anilines is 1. The van der Waals surface area contributed by atoms with Gasteiger partial charge in [0.25, 0.3) is 5.91 Å². The Bertz CT molecular complexity index is 771. The SMILES string of the molecule is Cc1cccc(NC(=O)[C@@H](C)OC(=O)/C=C/c2ccccc2Br)c1. The average Bonchev–Trinajstić information content (AvgIpc) is 2.54. The Kier molecular flexibility index (Phi) is 6.32. The molecule has 5 heteroatoms. The minimum atomic E-state index is -0.887. The molecule has 0 heterocycles. The van der Waals surface area contributed by atoms with Crippen LogP contribution in [0.2, 0.25) is 0 Å². The summed E-state index contributed by atoms with van der Waals surface area (Å²) in [5, 5.41) is 2.72. The second-order valence-electron chi connectivity index (χ2n) is 5.29. The van der Waals surface area contributed by atoms with E-state index in [1.807, 2.05) is 49.4 Å². The summed E-state index contributed by atoms with van der Waals surface area (Å²) in [5.41, 5.74) is 2.56. The molecular weight excluding hydrogens is 370 g/mol. The number of carbonyl (C=O) groups excluding carboxylic acids is 2. The van der Waals surface area contributed by atoms with Crippen LogP contribution in [0.15, 0.2) is 59.1 Å². The number of carbonyl (C=O) groups is 2. The van der Waals surface area contributed by atoms with E-state index in [0.717, 1.165) is 15.6 Å². The van der Waals surface area contributed by atoms with Crippen LogP contribution in [0.5, 0.6) is 0 Å². The number of hydrogen-bond donors (Lipinski definition) is 1. The number of benzene rings is 2. The lowest BCUT2D eigenvalue weighted by atomic mass is 10.2. The third-order valence-electron chi connectivity index (χ3n) is 3.25. The van der Waals surface area contributed by atoms with Crippen LogP contribution in [0.4, 0.5) is 5.69 Å². The van der Waals surface area contributed by atoms with Crippen molar-refractivity contribution < 1.29 is 14.3 Å². The van der Waals surface area contributed by atoms with Crippen LogP contribution in [0, 0.1) is 6.92 Å². The van der Waals surface area contributed by atoms with Gasteiger partial charge in [-0.15, -0.1) is 0 Å². The van der Waals surface area contributed by atoms with Crippen LogP contribution in [0.1, 0.15) is 18.1 Å². The minimum Gasteiger partial charge on any atom is -0.449 e. The molecule has 0 aliphatic rings. The molecule has 4 nitrogen and oxygen atoms in total. The highest BCUT2D eigenvalue weighted by molar-refractivity contribution is 9.10. The van der Waals surface area contributed by atoms with Gasteiger partial charge in [0, 0.05) is 16.2 Å². The zero-order chi connectivity index (χ0) is 17.5.